The molecule has 100 valence electrons. The number of benzene rings is 1. The van der Waals surface area contributed by atoms with Crippen LogP contribution < -0.4 is 10.1 Å². The second-order valence-corrected chi connectivity index (χ2v) is 4.77. The van der Waals surface area contributed by atoms with E-state index in [2.05, 4.69) is 23.3 Å². The monoisotopic (exact) mass is 276 g/mol. The normalized spacial score (nSPS) is 12.2. The van der Waals surface area contributed by atoms with E-state index in [0.29, 0.717) is 12.4 Å². The summed E-state index contributed by atoms with van der Waals surface area (Å²) < 4.78 is 5.11. The van der Waals surface area contributed by atoms with Gasteiger partial charge in [-0.2, -0.15) is 0 Å². The van der Waals surface area contributed by atoms with Crippen molar-refractivity contribution in [2.24, 2.45) is 0 Å². The average Bonchev–Trinajstić information content (AvgIpc) is 2.45. The van der Waals surface area contributed by atoms with Gasteiger partial charge in [0.25, 0.3) is 0 Å². The van der Waals surface area contributed by atoms with Crippen LogP contribution in [0.5, 0.6) is 5.88 Å². The first kappa shape index (κ1) is 13.8. The van der Waals surface area contributed by atoms with Crippen LogP contribution in [0.3, 0.4) is 0 Å². The largest absolute Gasteiger partial charge is 0.481 e. The summed E-state index contributed by atoms with van der Waals surface area (Å²) in [6.07, 6.45) is 0. The first-order chi connectivity index (χ1) is 9.19. The van der Waals surface area contributed by atoms with E-state index in [0.717, 1.165) is 16.3 Å². The summed E-state index contributed by atoms with van der Waals surface area (Å²) in [5.41, 5.74) is 2.11. The Kier molecular flexibility index (Phi) is 4.77. The third-order valence-corrected chi connectivity index (χ3v) is 3.16. The molecular weight excluding hydrogens is 260 g/mol. The van der Waals surface area contributed by atoms with Gasteiger partial charge in [-0.05, 0) is 30.7 Å². The van der Waals surface area contributed by atoms with Gasteiger partial charge in [0.15, 0.2) is 0 Å². The maximum Gasteiger partial charge on any atom is 0.213 e. The second-order valence-electron chi connectivity index (χ2n) is 4.33. The number of hydrogen-bond acceptors (Lipinski definition) is 3. The van der Waals surface area contributed by atoms with Crippen LogP contribution in [0.4, 0.5) is 0 Å². The average molecular weight is 277 g/mol. The molecule has 1 aromatic carbocycles. The first-order valence-electron chi connectivity index (χ1n) is 6.18. The van der Waals surface area contributed by atoms with Crippen molar-refractivity contribution in [3.8, 4) is 5.88 Å². The van der Waals surface area contributed by atoms with Gasteiger partial charge in [0.1, 0.15) is 0 Å². The van der Waals surface area contributed by atoms with Crippen molar-refractivity contribution in [1.82, 2.24) is 10.3 Å². The van der Waals surface area contributed by atoms with Crippen LogP contribution in [-0.2, 0) is 6.54 Å². The molecular formula is C15H17ClN2O. The first-order valence-corrected chi connectivity index (χ1v) is 6.55. The van der Waals surface area contributed by atoms with Gasteiger partial charge in [-0.1, -0.05) is 29.8 Å². The van der Waals surface area contributed by atoms with Crippen LogP contribution in [0.15, 0.2) is 42.5 Å². The van der Waals surface area contributed by atoms with Gasteiger partial charge in [0.05, 0.1) is 12.8 Å². The number of pyridine rings is 1. The lowest BCUT2D eigenvalue weighted by atomic mass is 10.1. The third-order valence-electron chi connectivity index (χ3n) is 2.93. The molecule has 2 rings (SSSR count). The fraction of sp³-hybridized carbons (Fsp3) is 0.267. The number of nitrogens with one attached hydrogen (secondary N) is 1. The molecule has 19 heavy (non-hydrogen) atoms. The fourth-order valence-electron chi connectivity index (χ4n) is 1.82. The molecule has 0 saturated carbocycles. The highest BCUT2D eigenvalue weighted by atomic mass is 35.5. The fourth-order valence-corrected chi connectivity index (χ4v) is 2.02. The highest BCUT2D eigenvalue weighted by Crippen LogP contribution is 2.17. The smallest absolute Gasteiger partial charge is 0.213 e. The minimum absolute atomic E-state index is 0.215. The van der Waals surface area contributed by atoms with E-state index in [-0.39, 0.29) is 6.04 Å². The predicted molar refractivity (Wildman–Crippen MR) is 77.5 cm³/mol. The van der Waals surface area contributed by atoms with Crippen molar-refractivity contribution in [3.05, 3.63) is 58.7 Å². The number of methoxy groups -OCH3 is 1. The Morgan fingerprint density at radius 2 is 2.05 bits per heavy atom. The van der Waals surface area contributed by atoms with E-state index in [9.17, 15) is 0 Å². The number of ether oxygens (including phenoxy) is 1. The standard InChI is InChI=1S/C15H17ClN2O/c1-11(12-5-3-6-13(16)9-12)17-10-14-7-4-8-15(18-14)19-2/h3-9,11,17H,10H2,1-2H3/t11-/m0/s1. The summed E-state index contributed by atoms with van der Waals surface area (Å²) >= 11 is 5.99. The van der Waals surface area contributed by atoms with Gasteiger partial charge in [-0.15, -0.1) is 0 Å². The van der Waals surface area contributed by atoms with E-state index >= 15 is 0 Å². The zero-order chi connectivity index (χ0) is 13.7. The molecule has 0 aliphatic heterocycles. The number of aromatic nitrogens is 1. The quantitative estimate of drug-likeness (QED) is 0.906. The second kappa shape index (κ2) is 6.55. The highest BCUT2D eigenvalue weighted by molar-refractivity contribution is 6.30. The molecule has 3 nitrogen and oxygen atoms in total. The van der Waals surface area contributed by atoms with Crippen molar-refractivity contribution >= 4 is 11.6 Å². The minimum atomic E-state index is 0.215. The number of rotatable bonds is 5. The van der Waals surface area contributed by atoms with Gasteiger partial charge < -0.3 is 10.1 Å². The molecule has 1 atom stereocenters. The van der Waals surface area contributed by atoms with Crippen LogP contribution in [-0.4, -0.2) is 12.1 Å². The van der Waals surface area contributed by atoms with E-state index in [1.165, 1.54) is 0 Å². The van der Waals surface area contributed by atoms with Gasteiger partial charge in [-0.25, -0.2) is 4.98 Å². The molecule has 4 heteroatoms. The number of hydrogen-bond donors (Lipinski definition) is 1. The Labute approximate surface area is 118 Å². The van der Waals surface area contributed by atoms with E-state index in [4.69, 9.17) is 16.3 Å². The van der Waals surface area contributed by atoms with Gasteiger partial charge in [0.2, 0.25) is 5.88 Å². The third kappa shape index (κ3) is 3.94. The van der Waals surface area contributed by atoms with Crippen molar-refractivity contribution in [1.29, 1.82) is 0 Å². The molecule has 0 spiro atoms. The van der Waals surface area contributed by atoms with Gasteiger partial charge in [-0.3, -0.25) is 0 Å². The van der Waals surface area contributed by atoms with Crippen molar-refractivity contribution < 1.29 is 4.74 Å². The molecule has 1 heterocycles. The topological polar surface area (TPSA) is 34.1 Å². The summed E-state index contributed by atoms with van der Waals surface area (Å²) in [4.78, 5) is 4.36. The molecule has 0 saturated heterocycles. The maximum absolute atomic E-state index is 5.99. The van der Waals surface area contributed by atoms with E-state index in [1.54, 1.807) is 7.11 Å². The SMILES string of the molecule is COc1cccc(CN[C@@H](C)c2cccc(Cl)c2)n1. The summed E-state index contributed by atoms with van der Waals surface area (Å²) in [5, 5.41) is 4.17. The molecule has 0 fully saturated rings. The summed E-state index contributed by atoms with van der Waals surface area (Å²) in [7, 11) is 1.62. The zero-order valence-corrected chi connectivity index (χ0v) is 11.8. The zero-order valence-electron chi connectivity index (χ0n) is 11.1. The lowest BCUT2D eigenvalue weighted by molar-refractivity contribution is 0.395. The molecule has 0 aliphatic carbocycles. The van der Waals surface area contributed by atoms with Crippen LogP contribution in [0.25, 0.3) is 0 Å². The van der Waals surface area contributed by atoms with Gasteiger partial charge >= 0.3 is 0 Å². The van der Waals surface area contributed by atoms with Crippen molar-refractivity contribution in [3.63, 3.8) is 0 Å². The summed E-state index contributed by atoms with van der Waals surface area (Å²) in [6.45, 7) is 2.79. The lowest BCUT2D eigenvalue weighted by Crippen LogP contribution is -2.18. The molecule has 0 amide bonds. The summed E-state index contributed by atoms with van der Waals surface area (Å²) in [5.74, 6) is 0.634. The lowest BCUT2D eigenvalue weighted by Gasteiger charge is -2.14. The van der Waals surface area contributed by atoms with Gasteiger partial charge in [0, 0.05) is 23.7 Å². The number of halogens is 1. The van der Waals surface area contributed by atoms with Crippen LogP contribution in [0, 0.1) is 0 Å². The molecule has 0 radical (unpaired) electrons. The molecule has 1 N–H and O–H groups in total. The molecule has 0 unspecified atom stereocenters. The Hall–Kier alpha value is -1.58. The van der Waals surface area contributed by atoms with Crippen molar-refractivity contribution in [2.75, 3.05) is 7.11 Å². The Morgan fingerprint density at radius 1 is 1.26 bits per heavy atom. The highest BCUT2D eigenvalue weighted by Gasteiger charge is 2.06. The molecule has 1 aromatic heterocycles. The molecule has 0 bridgehead atoms. The Bertz CT molecular complexity index is 545. The molecule has 2 aromatic rings. The maximum atomic E-state index is 5.99. The van der Waals surface area contributed by atoms with E-state index < -0.39 is 0 Å². The van der Waals surface area contributed by atoms with Crippen molar-refractivity contribution in [2.45, 2.75) is 19.5 Å². The Morgan fingerprint density at radius 3 is 2.79 bits per heavy atom. The molecule has 0 aliphatic rings. The van der Waals surface area contributed by atoms with Crippen LogP contribution >= 0.6 is 11.6 Å². The predicted octanol–water partition coefficient (Wildman–Crippen LogP) is 3.59. The van der Waals surface area contributed by atoms with Crippen LogP contribution in [0.1, 0.15) is 24.2 Å². The van der Waals surface area contributed by atoms with E-state index in [1.807, 2.05) is 36.4 Å². The Balaban J connectivity index is 1.98. The number of nitrogens with zero attached hydrogens (tertiary/aromatic N) is 1. The van der Waals surface area contributed by atoms with Crippen LogP contribution in [0.2, 0.25) is 5.02 Å². The summed E-state index contributed by atoms with van der Waals surface area (Å²) in [6, 6.07) is 13.8. The minimum Gasteiger partial charge on any atom is -0.481 e.